The Balaban J connectivity index is 1.92. The van der Waals surface area contributed by atoms with Crippen LogP contribution in [0, 0.1) is 5.92 Å². The van der Waals surface area contributed by atoms with E-state index in [4.69, 9.17) is 9.47 Å². The molecule has 1 aliphatic heterocycles. The Morgan fingerprint density at radius 2 is 1.79 bits per heavy atom. The van der Waals surface area contributed by atoms with Crippen LogP contribution in [0.2, 0.25) is 0 Å². The highest BCUT2D eigenvalue weighted by molar-refractivity contribution is 6.09. The smallest absolute Gasteiger partial charge is 0.256 e. The van der Waals surface area contributed by atoms with Crippen molar-refractivity contribution < 1.29 is 19.1 Å². The Labute approximate surface area is 171 Å². The summed E-state index contributed by atoms with van der Waals surface area (Å²) >= 11 is 0. The van der Waals surface area contributed by atoms with Gasteiger partial charge in [-0.25, -0.2) is 0 Å². The van der Waals surface area contributed by atoms with Crippen molar-refractivity contribution in [1.29, 1.82) is 0 Å². The first kappa shape index (κ1) is 20.7. The van der Waals surface area contributed by atoms with Gasteiger partial charge in [0.25, 0.3) is 11.8 Å². The second-order valence-electron chi connectivity index (χ2n) is 7.04. The summed E-state index contributed by atoms with van der Waals surface area (Å²) in [5, 5.41) is 6.03. The summed E-state index contributed by atoms with van der Waals surface area (Å²) in [6.07, 6.45) is 0.950. The van der Waals surface area contributed by atoms with E-state index in [1.807, 2.05) is 18.0 Å². The maximum atomic E-state index is 13.3. The van der Waals surface area contributed by atoms with Crippen molar-refractivity contribution in [1.82, 2.24) is 10.2 Å². The van der Waals surface area contributed by atoms with Crippen molar-refractivity contribution in [3.8, 4) is 11.5 Å². The zero-order chi connectivity index (χ0) is 20.8. The van der Waals surface area contributed by atoms with Crippen LogP contribution in [0.15, 0.2) is 42.5 Å². The molecule has 2 aromatic rings. The van der Waals surface area contributed by atoms with Crippen molar-refractivity contribution in [3.63, 3.8) is 0 Å². The molecular formula is C22H27N3O4. The summed E-state index contributed by atoms with van der Waals surface area (Å²) in [6, 6.07) is 12.1. The number of carbonyl (C=O) groups is 2. The molecule has 29 heavy (non-hydrogen) atoms. The Kier molecular flexibility index (Phi) is 6.72. The van der Waals surface area contributed by atoms with Gasteiger partial charge in [0, 0.05) is 24.7 Å². The van der Waals surface area contributed by atoms with Crippen molar-refractivity contribution in [2.75, 3.05) is 46.2 Å². The Morgan fingerprint density at radius 1 is 1.10 bits per heavy atom. The summed E-state index contributed by atoms with van der Waals surface area (Å²) in [5.41, 5.74) is 1.30. The summed E-state index contributed by atoms with van der Waals surface area (Å²) in [6.45, 7) is 2.24. The molecule has 1 heterocycles. The third kappa shape index (κ3) is 4.68. The fourth-order valence-corrected chi connectivity index (χ4v) is 3.59. The molecule has 1 atom stereocenters. The van der Waals surface area contributed by atoms with Crippen LogP contribution >= 0.6 is 0 Å². The van der Waals surface area contributed by atoms with Gasteiger partial charge in [-0.15, -0.1) is 0 Å². The fourth-order valence-electron chi connectivity index (χ4n) is 3.59. The zero-order valence-electron chi connectivity index (χ0n) is 17.0. The molecule has 0 bridgehead atoms. The van der Waals surface area contributed by atoms with Crippen LogP contribution < -0.4 is 20.1 Å². The number of hydrogen-bond acceptors (Lipinski definition) is 5. The predicted molar refractivity (Wildman–Crippen MR) is 112 cm³/mol. The molecule has 3 rings (SSSR count). The lowest BCUT2D eigenvalue weighted by atomic mass is 10.1. The highest BCUT2D eigenvalue weighted by atomic mass is 16.5. The number of likely N-dealkylation sites (tertiary alicyclic amines) is 1. The van der Waals surface area contributed by atoms with E-state index in [2.05, 4.69) is 10.6 Å². The zero-order valence-corrected chi connectivity index (χ0v) is 17.0. The normalized spacial score (nSPS) is 15.8. The lowest BCUT2D eigenvalue weighted by Crippen LogP contribution is -2.31. The molecule has 2 N–H and O–H groups in total. The first-order valence-electron chi connectivity index (χ1n) is 9.63. The number of methoxy groups -OCH3 is 2. The average molecular weight is 397 g/mol. The molecule has 1 fully saturated rings. The average Bonchev–Trinajstić information content (AvgIpc) is 3.22. The minimum absolute atomic E-state index is 0.132. The number of anilines is 1. The van der Waals surface area contributed by atoms with E-state index in [0.29, 0.717) is 47.3 Å². The maximum absolute atomic E-state index is 13.3. The molecular weight excluding hydrogens is 370 g/mol. The van der Waals surface area contributed by atoms with Gasteiger partial charge < -0.3 is 25.0 Å². The molecule has 2 aromatic carbocycles. The van der Waals surface area contributed by atoms with Crippen LogP contribution in [0.3, 0.4) is 0 Å². The molecule has 1 unspecified atom stereocenters. The molecule has 0 spiro atoms. The molecule has 0 aliphatic carbocycles. The van der Waals surface area contributed by atoms with Crippen LogP contribution in [-0.2, 0) is 0 Å². The molecule has 0 aromatic heterocycles. The standard InChI is InChI=1S/C22H27N3O4/c1-23-13-15-9-10-25(14-15)22(27)17-11-19(28-2)20(29-3)12-18(17)24-21(26)16-7-5-4-6-8-16/h4-8,11-12,15,23H,9-10,13-14H2,1-3H3,(H,24,26). The minimum Gasteiger partial charge on any atom is -0.493 e. The fraction of sp³-hybridized carbons (Fsp3) is 0.364. The molecule has 1 aliphatic rings. The van der Waals surface area contributed by atoms with Crippen molar-refractivity contribution >= 4 is 17.5 Å². The largest absolute Gasteiger partial charge is 0.493 e. The van der Waals surface area contributed by atoms with Crippen molar-refractivity contribution in [2.45, 2.75) is 6.42 Å². The number of carbonyl (C=O) groups excluding carboxylic acids is 2. The van der Waals surface area contributed by atoms with Crippen molar-refractivity contribution in [2.24, 2.45) is 5.92 Å². The van der Waals surface area contributed by atoms with E-state index in [9.17, 15) is 9.59 Å². The monoisotopic (exact) mass is 397 g/mol. The van der Waals surface area contributed by atoms with Crippen LogP contribution in [0.25, 0.3) is 0 Å². The van der Waals surface area contributed by atoms with E-state index in [0.717, 1.165) is 13.0 Å². The third-order valence-corrected chi connectivity index (χ3v) is 5.10. The van der Waals surface area contributed by atoms with Gasteiger partial charge >= 0.3 is 0 Å². The van der Waals surface area contributed by atoms with Gasteiger partial charge in [-0.1, -0.05) is 18.2 Å². The summed E-state index contributed by atoms with van der Waals surface area (Å²) in [7, 11) is 4.95. The summed E-state index contributed by atoms with van der Waals surface area (Å²) < 4.78 is 10.7. The van der Waals surface area contributed by atoms with Crippen LogP contribution in [0.1, 0.15) is 27.1 Å². The lowest BCUT2D eigenvalue weighted by Gasteiger charge is -2.20. The van der Waals surface area contributed by atoms with Gasteiger partial charge in [0.05, 0.1) is 25.5 Å². The second-order valence-corrected chi connectivity index (χ2v) is 7.04. The van der Waals surface area contributed by atoms with Crippen LogP contribution in [0.5, 0.6) is 11.5 Å². The number of hydrogen-bond donors (Lipinski definition) is 2. The van der Waals surface area contributed by atoms with Gasteiger partial charge in [-0.3, -0.25) is 9.59 Å². The van der Waals surface area contributed by atoms with E-state index in [-0.39, 0.29) is 11.8 Å². The molecule has 154 valence electrons. The molecule has 7 heteroatoms. The second kappa shape index (κ2) is 9.43. The Hall–Kier alpha value is -3.06. The molecule has 0 saturated carbocycles. The minimum atomic E-state index is -0.290. The highest BCUT2D eigenvalue weighted by Gasteiger charge is 2.29. The van der Waals surface area contributed by atoms with E-state index in [1.165, 1.54) is 14.2 Å². The topological polar surface area (TPSA) is 79.9 Å². The van der Waals surface area contributed by atoms with Gasteiger partial charge in [0.15, 0.2) is 11.5 Å². The third-order valence-electron chi connectivity index (χ3n) is 5.10. The molecule has 0 radical (unpaired) electrons. The Bertz CT molecular complexity index is 870. The summed E-state index contributed by atoms with van der Waals surface area (Å²) in [5.74, 6) is 0.891. The predicted octanol–water partition coefficient (Wildman–Crippen LogP) is 2.64. The quantitative estimate of drug-likeness (QED) is 0.751. The number of benzene rings is 2. The Morgan fingerprint density at radius 3 is 2.45 bits per heavy atom. The first-order valence-corrected chi connectivity index (χ1v) is 9.63. The maximum Gasteiger partial charge on any atom is 0.256 e. The SMILES string of the molecule is CNCC1CCN(C(=O)c2cc(OC)c(OC)cc2NC(=O)c2ccccc2)C1. The van der Waals surface area contributed by atoms with Gasteiger partial charge in [0.2, 0.25) is 0 Å². The number of nitrogens with one attached hydrogen (secondary N) is 2. The van der Waals surface area contributed by atoms with Crippen LogP contribution in [0.4, 0.5) is 5.69 Å². The van der Waals surface area contributed by atoms with E-state index >= 15 is 0 Å². The van der Waals surface area contributed by atoms with E-state index in [1.54, 1.807) is 36.4 Å². The number of nitrogens with zero attached hydrogens (tertiary/aromatic N) is 1. The van der Waals surface area contributed by atoms with E-state index < -0.39 is 0 Å². The molecule has 2 amide bonds. The highest BCUT2D eigenvalue weighted by Crippen LogP contribution is 2.35. The number of ether oxygens (including phenoxy) is 2. The first-order chi connectivity index (χ1) is 14.1. The number of rotatable bonds is 7. The molecule has 7 nitrogen and oxygen atoms in total. The lowest BCUT2D eigenvalue weighted by molar-refractivity contribution is 0.0788. The van der Waals surface area contributed by atoms with Crippen molar-refractivity contribution in [3.05, 3.63) is 53.6 Å². The number of amides is 2. The van der Waals surface area contributed by atoms with Gasteiger partial charge in [-0.05, 0) is 44.1 Å². The van der Waals surface area contributed by atoms with Crippen LogP contribution in [-0.4, -0.2) is 57.6 Å². The van der Waals surface area contributed by atoms with Gasteiger partial charge in [-0.2, -0.15) is 0 Å². The molecule has 1 saturated heterocycles. The summed E-state index contributed by atoms with van der Waals surface area (Å²) in [4.78, 5) is 27.8. The van der Waals surface area contributed by atoms with Gasteiger partial charge in [0.1, 0.15) is 0 Å².